The van der Waals surface area contributed by atoms with Crippen molar-refractivity contribution < 1.29 is 9.84 Å². The molecule has 1 saturated carbocycles. The summed E-state index contributed by atoms with van der Waals surface area (Å²) >= 11 is 0. The van der Waals surface area contributed by atoms with E-state index < -0.39 is 5.60 Å². The molecule has 1 rings (SSSR count). The number of hydrogen-bond donors (Lipinski definition) is 1. The maximum atomic E-state index is 10.5. The van der Waals surface area contributed by atoms with Crippen molar-refractivity contribution in [3.05, 3.63) is 0 Å². The van der Waals surface area contributed by atoms with Crippen LogP contribution in [0.25, 0.3) is 0 Å². The summed E-state index contributed by atoms with van der Waals surface area (Å²) < 4.78 is 5.55. The molecule has 0 aliphatic heterocycles. The van der Waals surface area contributed by atoms with E-state index in [0.29, 0.717) is 12.0 Å². The van der Waals surface area contributed by atoms with Crippen LogP contribution in [0.15, 0.2) is 0 Å². The zero-order valence-corrected chi connectivity index (χ0v) is 12.1. The Morgan fingerprint density at radius 1 is 1.24 bits per heavy atom. The number of ether oxygens (including phenoxy) is 1. The van der Waals surface area contributed by atoms with Gasteiger partial charge in [-0.2, -0.15) is 0 Å². The van der Waals surface area contributed by atoms with Gasteiger partial charge in [-0.3, -0.25) is 0 Å². The Hall–Kier alpha value is -0.0800. The number of aliphatic hydroxyl groups is 1. The van der Waals surface area contributed by atoms with E-state index in [1.165, 1.54) is 6.42 Å². The normalized spacial score (nSPS) is 31.2. The lowest BCUT2D eigenvalue weighted by Crippen LogP contribution is -2.34. The first-order valence-corrected chi connectivity index (χ1v) is 7.17. The lowest BCUT2D eigenvalue weighted by atomic mass is 9.76. The summed E-state index contributed by atoms with van der Waals surface area (Å²) in [5.41, 5.74) is -0.190. The molecular weight excluding hydrogens is 212 g/mol. The molecule has 0 amide bonds. The highest BCUT2D eigenvalue weighted by Crippen LogP contribution is 2.39. The highest BCUT2D eigenvalue weighted by Gasteiger charge is 2.34. The van der Waals surface area contributed by atoms with Crippen LogP contribution in [0.4, 0.5) is 0 Å². The van der Waals surface area contributed by atoms with E-state index in [0.717, 1.165) is 44.6 Å². The second-order valence-corrected chi connectivity index (χ2v) is 6.77. The van der Waals surface area contributed by atoms with E-state index in [2.05, 4.69) is 27.7 Å². The first kappa shape index (κ1) is 15.0. The average Bonchev–Trinajstić information content (AvgIpc) is 2.40. The van der Waals surface area contributed by atoms with E-state index in [-0.39, 0.29) is 0 Å². The zero-order chi connectivity index (χ0) is 12.9. The molecule has 0 spiro atoms. The van der Waals surface area contributed by atoms with Gasteiger partial charge in [0.1, 0.15) is 0 Å². The van der Waals surface area contributed by atoms with Crippen LogP contribution in [0.3, 0.4) is 0 Å². The summed E-state index contributed by atoms with van der Waals surface area (Å²) in [6, 6.07) is 0. The van der Waals surface area contributed by atoms with Gasteiger partial charge in [0.05, 0.1) is 12.2 Å². The van der Waals surface area contributed by atoms with Crippen molar-refractivity contribution in [1.82, 2.24) is 0 Å². The molecule has 0 saturated heterocycles. The monoisotopic (exact) mass is 242 g/mol. The van der Waals surface area contributed by atoms with Gasteiger partial charge in [0.25, 0.3) is 0 Å². The predicted molar refractivity (Wildman–Crippen MR) is 72.1 cm³/mol. The Labute approximate surface area is 107 Å². The van der Waals surface area contributed by atoms with Gasteiger partial charge in [-0.25, -0.2) is 0 Å². The molecule has 0 aromatic rings. The molecule has 2 atom stereocenters. The summed E-state index contributed by atoms with van der Waals surface area (Å²) in [6.07, 6.45) is 6.35. The predicted octanol–water partition coefficient (Wildman–Crippen LogP) is 3.77. The molecule has 0 bridgehead atoms. The molecular formula is C15H30O2. The molecule has 0 aromatic heterocycles. The molecule has 2 nitrogen and oxygen atoms in total. The molecule has 0 radical (unpaired) electrons. The summed E-state index contributed by atoms with van der Waals surface area (Å²) in [7, 11) is 0. The third-order valence-electron chi connectivity index (χ3n) is 4.10. The van der Waals surface area contributed by atoms with Crippen molar-refractivity contribution in [2.75, 3.05) is 13.2 Å². The van der Waals surface area contributed by atoms with Gasteiger partial charge in [0.15, 0.2) is 0 Å². The minimum atomic E-state index is -0.560. The molecule has 1 aliphatic rings. The second kappa shape index (κ2) is 6.19. The second-order valence-electron chi connectivity index (χ2n) is 6.77. The van der Waals surface area contributed by atoms with Crippen LogP contribution >= 0.6 is 0 Å². The van der Waals surface area contributed by atoms with Crippen LogP contribution in [0.1, 0.15) is 66.2 Å². The third kappa shape index (κ3) is 4.97. The van der Waals surface area contributed by atoms with E-state index in [1.54, 1.807) is 0 Å². The van der Waals surface area contributed by atoms with Gasteiger partial charge < -0.3 is 9.84 Å². The van der Waals surface area contributed by atoms with Crippen molar-refractivity contribution in [3.8, 4) is 0 Å². The SMILES string of the molecule is CCCOCC1(O)CCCC(C(C)(C)C)CC1. The molecule has 102 valence electrons. The van der Waals surface area contributed by atoms with Gasteiger partial charge >= 0.3 is 0 Å². The molecule has 1 aliphatic carbocycles. The third-order valence-corrected chi connectivity index (χ3v) is 4.10. The Balaban J connectivity index is 2.45. The van der Waals surface area contributed by atoms with Gasteiger partial charge in [-0.1, -0.05) is 34.1 Å². The van der Waals surface area contributed by atoms with E-state index in [4.69, 9.17) is 4.74 Å². The van der Waals surface area contributed by atoms with Gasteiger partial charge in [0.2, 0.25) is 0 Å². The Morgan fingerprint density at radius 3 is 2.53 bits per heavy atom. The standard InChI is InChI=1S/C15H30O2/c1-5-11-17-12-15(16)9-6-7-13(8-10-15)14(2,3)4/h13,16H,5-12H2,1-4H3. The lowest BCUT2D eigenvalue weighted by Gasteiger charge is -2.30. The van der Waals surface area contributed by atoms with Gasteiger partial charge in [-0.05, 0) is 43.4 Å². The van der Waals surface area contributed by atoms with Crippen LogP contribution in [-0.2, 0) is 4.74 Å². The van der Waals surface area contributed by atoms with Crippen LogP contribution in [0, 0.1) is 11.3 Å². The minimum absolute atomic E-state index is 0.371. The zero-order valence-electron chi connectivity index (χ0n) is 12.1. The van der Waals surface area contributed by atoms with Crippen LogP contribution in [0.2, 0.25) is 0 Å². The Kier molecular flexibility index (Phi) is 5.46. The van der Waals surface area contributed by atoms with E-state index in [1.807, 2.05) is 0 Å². The highest BCUT2D eigenvalue weighted by molar-refractivity contribution is 4.86. The van der Waals surface area contributed by atoms with Crippen LogP contribution < -0.4 is 0 Å². The van der Waals surface area contributed by atoms with Gasteiger partial charge in [-0.15, -0.1) is 0 Å². The molecule has 1 fully saturated rings. The van der Waals surface area contributed by atoms with Crippen molar-refractivity contribution in [2.24, 2.45) is 11.3 Å². The molecule has 0 aromatic carbocycles. The number of rotatable bonds is 4. The van der Waals surface area contributed by atoms with Crippen molar-refractivity contribution in [2.45, 2.75) is 71.8 Å². The number of hydrogen-bond acceptors (Lipinski definition) is 2. The topological polar surface area (TPSA) is 29.5 Å². The van der Waals surface area contributed by atoms with Gasteiger partial charge in [0, 0.05) is 6.61 Å². The highest BCUT2D eigenvalue weighted by atomic mass is 16.5. The van der Waals surface area contributed by atoms with E-state index in [9.17, 15) is 5.11 Å². The van der Waals surface area contributed by atoms with Crippen molar-refractivity contribution in [1.29, 1.82) is 0 Å². The summed E-state index contributed by atoms with van der Waals surface area (Å²) in [5.74, 6) is 0.739. The Bertz CT molecular complexity index is 219. The summed E-state index contributed by atoms with van der Waals surface area (Å²) in [4.78, 5) is 0. The minimum Gasteiger partial charge on any atom is -0.387 e. The van der Waals surface area contributed by atoms with Crippen LogP contribution in [0.5, 0.6) is 0 Å². The quantitative estimate of drug-likeness (QED) is 0.600. The van der Waals surface area contributed by atoms with Crippen LogP contribution in [-0.4, -0.2) is 23.9 Å². The summed E-state index contributed by atoms with van der Waals surface area (Å²) in [6.45, 7) is 10.3. The fraction of sp³-hybridized carbons (Fsp3) is 1.00. The molecule has 2 unspecified atom stereocenters. The fourth-order valence-corrected chi connectivity index (χ4v) is 2.81. The van der Waals surface area contributed by atoms with Crippen molar-refractivity contribution in [3.63, 3.8) is 0 Å². The molecule has 2 heteroatoms. The molecule has 17 heavy (non-hydrogen) atoms. The lowest BCUT2D eigenvalue weighted by molar-refractivity contribution is -0.0567. The van der Waals surface area contributed by atoms with Crippen molar-refractivity contribution >= 4 is 0 Å². The largest absolute Gasteiger partial charge is 0.387 e. The average molecular weight is 242 g/mol. The summed E-state index contributed by atoms with van der Waals surface area (Å²) in [5, 5.41) is 10.5. The Morgan fingerprint density at radius 2 is 1.94 bits per heavy atom. The fourth-order valence-electron chi connectivity index (χ4n) is 2.81. The molecule has 1 N–H and O–H groups in total. The maximum Gasteiger partial charge on any atom is 0.0880 e. The smallest absolute Gasteiger partial charge is 0.0880 e. The first-order valence-electron chi connectivity index (χ1n) is 7.17. The van der Waals surface area contributed by atoms with E-state index >= 15 is 0 Å². The molecule has 0 heterocycles. The maximum absolute atomic E-state index is 10.5. The first-order chi connectivity index (χ1) is 7.87.